The summed E-state index contributed by atoms with van der Waals surface area (Å²) in [6.07, 6.45) is 5.00. The minimum atomic E-state index is -0.269. The minimum Gasteiger partial charge on any atom is -0.264 e. The number of hydrogen-bond donors (Lipinski definition) is 0. The van der Waals surface area contributed by atoms with E-state index in [1.165, 1.54) is 24.3 Å². The molecule has 0 heterocycles. The van der Waals surface area contributed by atoms with E-state index in [-0.39, 0.29) is 11.6 Å². The first-order chi connectivity index (χ1) is 8.74. The lowest BCUT2D eigenvalue weighted by atomic mass is 10.2. The van der Waals surface area contributed by atoms with Crippen molar-refractivity contribution < 1.29 is 8.78 Å². The minimum absolute atomic E-state index is 0.262. The lowest BCUT2D eigenvalue weighted by molar-refractivity contribution is 0.627. The Balaban J connectivity index is 1.98. The molecule has 18 heavy (non-hydrogen) atoms. The second-order valence-corrected chi connectivity index (χ2v) is 3.70. The van der Waals surface area contributed by atoms with E-state index in [4.69, 9.17) is 0 Å². The smallest absolute Gasteiger partial charge is 0.123 e. The summed E-state index contributed by atoms with van der Waals surface area (Å²) < 4.78 is 25.3. The highest BCUT2D eigenvalue weighted by Crippen LogP contribution is 2.05. The normalized spacial score (nSPS) is 11.4. The van der Waals surface area contributed by atoms with Crippen molar-refractivity contribution >= 4 is 12.3 Å². The predicted molar refractivity (Wildman–Crippen MR) is 69.4 cm³/mol. The first-order valence-electron chi connectivity index (χ1n) is 5.45. The van der Waals surface area contributed by atoms with Gasteiger partial charge in [0.1, 0.15) is 11.6 Å². The van der Waals surface area contributed by atoms with Crippen molar-refractivity contribution in [2.24, 2.45) is 4.99 Å². The van der Waals surface area contributed by atoms with Gasteiger partial charge in [-0.3, -0.25) is 4.99 Å². The van der Waals surface area contributed by atoms with Crippen molar-refractivity contribution in [3.05, 3.63) is 77.5 Å². The van der Waals surface area contributed by atoms with Gasteiger partial charge in [-0.15, -0.1) is 0 Å². The summed E-state index contributed by atoms with van der Waals surface area (Å²) in [4.78, 5) is 4.07. The monoisotopic (exact) mass is 243 g/mol. The summed E-state index contributed by atoms with van der Waals surface area (Å²) in [5.74, 6) is -0.532. The maximum absolute atomic E-state index is 12.6. The lowest BCUT2D eigenvalue weighted by Crippen LogP contribution is -1.80. The van der Waals surface area contributed by atoms with Crippen LogP contribution in [0.3, 0.4) is 0 Å². The Bertz CT molecular complexity index is 501. The van der Waals surface area contributed by atoms with Gasteiger partial charge >= 0.3 is 0 Å². The van der Waals surface area contributed by atoms with Crippen molar-refractivity contribution in [1.29, 1.82) is 0 Å². The van der Waals surface area contributed by atoms with Gasteiger partial charge in [-0.05, 0) is 41.5 Å². The second-order valence-electron chi connectivity index (χ2n) is 3.70. The number of hydrogen-bond acceptors (Lipinski definition) is 1. The van der Waals surface area contributed by atoms with Gasteiger partial charge in [0.25, 0.3) is 0 Å². The maximum Gasteiger partial charge on any atom is 0.123 e. The summed E-state index contributed by atoms with van der Waals surface area (Å²) in [5.41, 5.74) is 1.69. The highest BCUT2D eigenvalue weighted by molar-refractivity contribution is 5.80. The molecule has 0 spiro atoms. The summed E-state index contributed by atoms with van der Waals surface area (Å²) in [6, 6.07) is 12.2. The molecule has 0 saturated heterocycles. The summed E-state index contributed by atoms with van der Waals surface area (Å²) in [7, 11) is 0. The first-order valence-corrected chi connectivity index (χ1v) is 5.45. The fraction of sp³-hybridized carbons (Fsp3) is 0. The van der Waals surface area contributed by atoms with Crippen LogP contribution in [0.25, 0.3) is 6.08 Å². The number of rotatable bonds is 3. The van der Waals surface area contributed by atoms with E-state index in [0.717, 1.165) is 11.1 Å². The molecule has 0 radical (unpaired) electrons. The molecule has 0 amide bonds. The molecule has 2 aromatic carbocycles. The zero-order valence-electron chi connectivity index (χ0n) is 9.55. The van der Waals surface area contributed by atoms with Crippen LogP contribution in [0.2, 0.25) is 0 Å². The Hall–Kier alpha value is -2.29. The fourth-order valence-corrected chi connectivity index (χ4v) is 1.38. The van der Waals surface area contributed by atoms with Crippen molar-refractivity contribution in [1.82, 2.24) is 0 Å². The third kappa shape index (κ3) is 3.63. The molecule has 0 aliphatic carbocycles. The van der Waals surface area contributed by atoms with Crippen molar-refractivity contribution in [3.8, 4) is 0 Å². The van der Waals surface area contributed by atoms with Crippen LogP contribution in [-0.4, -0.2) is 6.21 Å². The van der Waals surface area contributed by atoms with Crippen LogP contribution in [0, 0.1) is 11.6 Å². The largest absolute Gasteiger partial charge is 0.264 e. The Morgan fingerprint density at radius 1 is 0.722 bits per heavy atom. The Morgan fingerprint density at radius 2 is 1.22 bits per heavy atom. The molecule has 0 N–H and O–H groups in total. The topological polar surface area (TPSA) is 12.4 Å². The number of halogens is 2. The zero-order chi connectivity index (χ0) is 12.8. The van der Waals surface area contributed by atoms with Crippen LogP contribution in [-0.2, 0) is 0 Å². The van der Waals surface area contributed by atoms with Gasteiger partial charge in [-0.2, -0.15) is 0 Å². The molecule has 3 heteroatoms. The van der Waals surface area contributed by atoms with Crippen molar-refractivity contribution in [2.45, 2.75) is 0 Å². The van der Waals surface area contributed by atoms with Gasteiger partial charge in [0, 0.05) is 12.4 Å². The predicted octanol–water partition coefficient (Wildman–Crippen LogP) is 4.05. The SMILES string of the molecule is Fc1ccc(C=N/C=C\c2ccc(F)cc2)cc1. The fourth-order valence-electron chi connectivity index (χ4n) is 1.38. The molecule has 0 bridgehead atoms. The molecule has 0 unspecified atom stereocenters. The standard InChI is InChI=1S/C15H11F2N/c16-14-5-1-12(2-6-14)9-10-18-11-13-3-7-15(17)8-4-13/h1-11H/b10-9-,18-11?. The van der Waals surface area contributed by atoms with Crippen LogP contribution < -0.4 is 0 Å². The van der Waals surface area contributed by atoms with E-state index in [1.807, 2.05) is 0 Å². The third-order valence-electron chi connectivity index (χ3n) is 2.32. The number of nitrogens with zero attached hydrogens (tertiary/aromatic N) is 1. The van der Waals surface area contributed by atoms with Crippen LogP contribution in [0.4, 0.5) is 8.78 Å². The van der Waals surface area contributed by atoms with E-state index in [0.29, 0.717) is 0 Å². The molecule has 0 atom stereocenters. The third-order valence-corrected chi connectivity index (χ3v) is 2.32. The van der Waals surface area contributed by atoms with E-state index in [9.17, 15) is 8.78 Å². The summed E-state index contributed by atoms with van der Waals surface area (Å²) in [6.45, 7) is 0. The molecular weight excluding hydrogens is 232 g/mol. The van der Waals surface area contributed by atoms with Crippen LogP contribution in [0.5, 0.6) is 0 Å². The Labute approximate surface area is 104 Å². The molecule has 0 saturated carbocycles. The van der Waals surface area contributed by atoms with Gasteiger partial charge in [-0.25, -0.2) is 8.78 Å². The highest BCUT2D eigenvalue weighted by atomic mass is 19.1. The molecule has 90 valence electrons. The van der Waals surface area contributed by atoms with E-state index in [1.54, 1.807) is 42.8 Å². The zero-order valence-corrected chi connectivity index (χ0v) is 9.55. The van der Waals surface area contributed by atoms with E-state index >= 15 is 0 Å². The lowest BCUT2D eigenvalue weighted by Gasteiger charge is -1.92. The molecule has 1 nitrogen and oxygen atoms in total. The van der Waals surface area contributed by atoms with Gasteiger partial charge in [0.15, 0.2) is 0 Å². The van der Waals surface area contributed by atoms with Crippen molar-refractivity contribution in [3.63, 3.8) is 0 Å². The highest BCUT2D eigenvalue weighted by Gasteiger charge is 1.89. The van der Waals surface area contributed by atoms with E-state index < -0.39 is 0 Å². The molecule has 0 fully saturated rings. The molecular formula is C15H11F2N. The Morgan fingerprint density at radius 3 is 1.78 bits per heavy atom. The van der Waals surface area contributed by atoms with Gasteiger partial charge < -0.3 is 0 Å². The first kappa shape index (κ1) is 12.2. The van der Waals surface area contributed by atoms with Crippen LogP contribution in [0.1, 0.15) is 11.1 Å². The molecule has 0 aliphatic rings. The Kier molecular flexibility index (Phi) is 3.97. The van der Waals surface area contributed by atoms with Crippen LogP contribution in [0.15, 0.2) is 59.7 Å². The molecule has 0 aromatic heterocycles. The van der Waals surface area contributed by atoms with Gasteiger partial charge in [0.05, 0.1) is 0 Å². The summed E-state index contributed by atoms with van der Waals surface area (Å²) >= 11 is 0. The van der Waals surface area contributed by atoms with Crippen molar-refractivity contribution in [2.75, 3.05) is 0 Å². The van der Waals surface area contributed by atoms with E-state index in [2.05, 4.69) is 4.99 Å². The number of aliphatic imine (C=N–C) groups is 1. The number of benzene rings is 2. The summed E-state index contributed by atoms with van der Waals surface area (Å²) in [5, 5.41) is 0. The van der Waals surface area contributed by atoms with Gasteiger partial charge in [0.2, 0.25) is 0 Å². The van der Waals surface area contributed by atoms with Gasteiger partial charge in [-0.1, -0.05) is 24.3 Å². The maximum atomic E-state index is 12.6. The molecule has 2 rings (SSSR count). The average molecular weight is 243 g/mol. The second kappa shape index (κ2) is 5.87. The van der Waals surface area contributed by atoms with Crippen LogP contribution >= 0.6 is 0 Å². The molecule has 2 aromatic rings. The quantitative estimate of drug-likeness (QED) is 0.721. The molecule has 0 aliphatic heterocycles. The average Bonchev–Trinajstić information content (AvgIpc) is 2.39.